The maximum atomic E-state index is 12.9. The van der Waals surface area contributed by atoms with Crippen LogP contribution < -0.4 is 0 Å². The molecule has 160 valence electrons. The van der Waals surface area contributed by atoms with Crippen LogP contribution in [0.4, 0.5) is 0 Å². The molecule has 8 nitrogen and oxygen atoms in total. The van der Waals surface area contributed by atoms with Gasteiger partial charge < -0.3 is 14.8 Å². The molecule has 0 saturated carbocycles. The van der Waals surface area contributed by atoms with Gasteiger partial charge in [0.1, 0.15) is 0 Å². The lowest BCUT2D eigenvalue weighted by atomic mass is 9.91. The van der Waals surface area contributed by atoms with Gasteiger partial charge in [-0.1, -0.05) is 24.3 Å². The van der Waals surface area contributed by atoms with Crippen molar-refractivity contribution in [2.45, 2.75) is 5.92 Å². The van der Waals surface area contributed by atoms with Crippen molar-refractivity contribution in [3.63, 3.8) is 0 Å². The monoisotopic (exact) mass is 426 g/mol. The Morgan fingerprint density at radius 1 is 1.03 bits per heavy atom. The number of amides is 2. The minimum atomic E-state index is -0.124. The summed E-state index contributed by atoms with van der Waals surface area (Å²) in [5.41, 5.74) is 4.62. The molecule has 0 radical (unpaired) electrons. The number of carbonyl (C=O) groups excluding carboxylic acids is 2. The first-order valence-corrected chi connectivity index (χ1v) is 10.4. The molecular formula is C24H22N6O2. The van der Waals surface area contributed by atoms with Crippen LogP contribution in [-0.4, -0.2) is 68.7 Å². The number of imidazole rings is 1. The first-order chi connectivity index (χ1) is 15.5. The Bertz CT molecular complexity index is 1290. The van der Waals surface area contributed by atoms with Crippen LogP contribution >= 0.6 is 0 Å². The number of likely N-dealkylation sites (tertiary alicyclic amines) is 1. The van der Waals surface area contributed by atoms with Crippen molar-refractivity contribution < 1.29 is 9.59 Å². The first-order valence-electron chi connectivity index (χ1n) is 10.4. The zero-order valence-corrected chi connectivity index (χ0v) is 17.8. The van der Waals surface area contributed by atoms with Crippen LogP contribution in [0.15, 0.2) is 60.9 Å². The molecule has 1 aliphatic heterocycles. The molecule has 3 heterocycles. The molecule has 5 rings (SSSR count). The van der Waals surface area contributed by atoms with E-state index in [2.05, 4.69) is 19.9 Å². The second kappa shape index (κ2) is 7.88. The summed E-state index contributed by atoms with van der Waals surface area (Å²) in [6.45, 7) is 1.08. The highest BCUT2D eigenvalue weighted by molar-refractivity contribution is 5.95. The molecule has 4 aromatic rings. The van der Waals surface area contributed by atoms with Crippen molar-refractivity contribution in [3.05, 3.63) is 78.0 Å². The Balaban J connectivity index is 1.36. The number of aromatic nitrogens is 4. The van der Waals surface area contributed by atoms with Gasteiger partial charge in [-0.05, 0) is 24.3 Å². The van der Waals surface area contributed by atoms with E-state index in [-0.39, 0.29) is 17.7 Å². The summed E-state index contributed by atoms with van der Waals surface area (Å²) in [7, 11) is 3.45. The number of hydrogen-bond acceptors (Lipinski definition) is 5. The third-order valence-corrected chi connectivity index (χ3v) is 5.66. The summed E-state index contributed by atoms with van der Waals surface area (Å²) in [4.78, 5) is 45.2. The smallest absolute Gasteiger partial charge is 0.289 e. The van der Waals surface area contributed by atoms with E-state index >= 15 is 0 Å². The number of nitrogens with zero attached hydrogens (tertiary/aromatic N) is 5. The standard InChI is InChI=1S/C24H22N6O2/c1-29(2)23(31)16-7-5-6-15(12-16)20-21(26-11-10-25-20)17-13-30(14-17)24(32)22-27-18-8-3-4-9-19(18)28-22/h3-12,17H,13-14H2,1-2H3,(H,27,28). The van der Waals surface area contributed by atoms with E-state index < -0.39 is 0 Å². The third kappa shape index (κ3) is 3.49. The largest absolute Gasteiger partial charge is 0.345 e. The van der Waals surface area contributed by atoms with Crippen molar-refractivity contribution >= 4 is 22.8 Å². The molecule has 0 spiro atoms. The fourth-order valence-corrected chi connectivity index (χ4v) is 3.95. The highest BCUT2D eigenvalue weighted by Gasteiger charge is 2.36. The number of benzene rings is 2. The number of para-hydroxylation sites is 2. The van der Waals surface area contributed by atoms with Crippen LogP contribution in [0.25, 0.3) is 22.3 Å². The van der Waals surface area contributed by atoms with Crippen molar-refractivity contribution in [3.8, 4) is 11.3 Å². The Hall–Kier alpha value is -4.07. The number of rotatable bonds is 4. The highest BCUT2D eigenvalue weighted by Crippen LogP contribution is 2.33. The molecule has 0 bridgehead atoms. The number of aromatic amines is 1. The lowest BCUT2D eigenvalue weighted by molar-refractivity contribution is 0.0587. The molecule has 0 aliphatic carbocycles. The second-order valence-electron chi connectivity index (χ2n) is 8.08. The number of carbonyl (C=O) groups is 2. The van der Waals surface area contributed by atoms with Crippen LogP contribution in [0, 0.1) is 0 Å². The van der Waals surface area contributed by atoms with Gasteiger partial charge in [0.05, 0.1) is 22.4 Å². The Kier molecular flexibility index (Phi) is 4.89. The number of H-pyrrole nitrogens is 1. The van der Waals surface area contributed by atoms with E-state index in [1.807, 2.05) is 42.5 Å². The van der Waals surface area contributed by atoms with E-state index in [1.54, 1.807) is 42.4 Å². The van der Waals surface area contributed by atoms with Crippen molar-refractivity contribution in [2.75, 3.05) is 27.2 Å². The molecule has 1 aliphatic rings. The third-order valence-electron chi connectivity index (χ3n) is 5.66. The second-order valence-corrected chi connectivity index (χ2v) is 8.08. The lowest BCUT2D eigenvalue weighted by Gasteiger charge is -2.38. The molecule has 1 N–H and O–H groups in total. The maximum absolute atomic E-state index is 12.9. The Labute approximate surface area is 184 Å². The minimum Gasteiger partial charge on any atom is -0.345 e. The van der Waals surface area contributed by atoms with Crippen molar-refractivity contribution in [1.82, 2.24) is 29.7 Å². The summed E-state index contributed by atoms with van der Waals surface area (Å²) in [5.74, 6) is 0.226. The summed E-state index contributed by atoms with van der Waals surface area (Å²) in [5, 5.41) is 0. The summed E-state index contributed by atoms with van der Waals surface area (Å²) in [6.07, 6.45) is 3.31. The van der Waals surface area contributed by atoms with Crippen LogP contribution in [0.3, 0.4) is 0 Å². The van der Waals surface area contributed by atoms with Gasteiger partial charge in [0.15, 0.2) is 5.82 Å². The van der Waals surface area contributed by atoms with E-state index in [0.29, 0.717) is 24.5 Å². The zero-order valence-electron chi connectivity index (χ0n) is 17.8. The fraction of sp³-hybridized carbons (Fsp3) is 0.208. The molecule has 0 atom stereocenters. The average Bonchev–Trinajstić information content (AvgIpc) is 3.22. The molecule has 8 heteroatoms. The molecule has 2 aromatic heterocycles. The number of hydrogen-bond donors (Lipinski definition) is 1. The molecule has 0 unspecified atom stereocenters. The zero-order chi connectivity index (χ0) is 22.2. The minimum absolute atomic E-state index is 0.0662. The SMILES string of the molecule is CN(C)C(=O)c1cccc(-c2nccnc2C2CN(C(=O)c3nc4ccccc4[nH]3)C2)c1. The quantitative estimate of drug-likeness (QED) is 0.541. The summed E-state index contributed by atoms with van der Waals surface area (Å²) >= 11 is 0. The molecule has 2 aromatic carbocycles. The van der Waals surface area contributed by atoms with E-state index in [4.69, 9.17) is 0 Å². The topological polar surface area (TPSA) is 95.1 Å². The van der Waals surface area contributed by atoms with Crippen molar-refractivity contribution in [1.29, 1.82) is 0 Å². The van der Waals surface area contributed by atoms with Gasteiger partial charge in [-0.15, -0.1) is 0 Å². The van der Waals surface area contributed by atoms with Gasteiger partial charge >= 0.3 is 0 Å². The van der Waals surface area contributed by atoms with Crippen LogP contribution in [-0.2, 0) is 0 Å². The van der Waals surface area contributed by atoms with Crippen LogP contribution in [0.2, 0.25) is 0 Å². The van der Waals surface area contributed by atoms with Gasteiger partial charge in [0, 0.05) is 56.6 Å². The molecular weight excluding hydrogens is 404 g/mol. The molecule has 1 fully saturated rings. The Morgan fingerprint density at radius 3 is 2.59 bits per heavy atom. The Morgan fingerprint density at radius 2 is 1.81 bits per heavy atom. The maximum Gasteiger partial charge on any atom is 0.289 e. The van der Waals surface area contributed by atoms with E-state index in [1.165, 1.54) is 0 Å². The summed E-state index contributed by atoms with van der Waals surface area (Å²) in [6, 6.07) is 15.0. The van der Waals surface area contributed by atoms with Crippen molar-refractivity contribution in [2.24, 2.45) is 0 Å². The van der Waals surface area contributed by atoms with Gasteiger partial charge in [-0.3, -0.25) is 19.6 Å². The van der Waals surface area contributed by atoms with Gasteiger partial charge in [0.2, 0.25) is 0 Å². The fourth-order valence-electron chi connectivity index (χ4n) is 3.95. The highest BCUT2D eigenvalue weighted by atomic mass is 16.2. The summed E-state index contributed by atoms with van der Waals surface area (Å²) < 4.78 is 0. The van der Waals surface area contributed by atoms with E-state index in [9.17, 15) is 9.59 Å². The first kappa shape index (κ1) is 19.9. The van der Waals surface area contributed by atoms with Crippen LogP contribution in [0.5, 0.6) is 0 Å². The average molecular weight is 426 g/mol. The van der Waals surface area contributed by atoms with Gasteiger partial charge in [-0.2, -0.15) is 0 Å². The van der Waals surface area contributed by atoms with Gasteiger partial charge in [0.25, 0.3) is 11.8 Å². The number of nitrogens with one attached hydrogen (secondary N) is 1. The van der Waals surface area contributed by atoms with Gasteiger partial charge in [-0.25, -0.2) is 4.98 Å². The van der Waals surface area contributed by atoms with E-state index in [0.717, 1.165) is 28.0 Å². The predicted molar refractivity (Wildman–Crippen MR) is 120 cm³/mol. The number of fused-ring (bicyclic) bond motifs is 1. The normalized spacial score (nSPS) is 13.8. The lowest BCUT2D eigenvalue weighted by Crippen LogP contribution is -2.49. The molecule has 2 amide bonds. The molecule has 1 saturated heterocycles. The van der Waals surface area contributed by atoms with Crippen LogP contribution in [0.1, 0.15) is 32.6 Å². The molecule has 32 heavy (non-hydrogen) atoms. The predicted octanol–water partition coefficient (Wildman–Crippen LogP) is 2.96.